The summed E-state index contributed by atoms with van der Waals surface area (Å²) >= 11 is 6.11. The second-order valence-corrected chi connectivity index (χ2v) is 8.99. The average Bonchev–Trinajstić information content (AvgIpc) is 2.75. The number of hydrogen-bond donors (Lipinski definition) is 2. The van der Waals surface area contributed by atoms with Crippen molar-refractivity contribution in [3.05, 3.63) is 51.4 Å². The van der Waals surface area contributed by atoms with E-state index in [1.54, 1.807) is 0 Å². The van der Waals surface area contributed by atoms with Crippen molar-refractivity contribution in [2.75, 3.05) is 45.2 Å². The minimum Gasteiger partial charge on any atom is -0.379 e. The van der Waals surface area contributed by atoms with Crippen LogP contribution in [0.4, 0.5) is 5.69 Å². The minimum atomic E-state index is -3.86. The molecule has 13 heteroatoms. The number of sulfonamides is 1. The van der Waals surface area contributed by atoms with Gasteiger partial charge >= 0.3 is 0 Å². The summed E-state index contributed by atoms with van der Waals surface area (Å²) in [4.78, 5) is 36.7. The predicted octanol–water partition coefficient (Wildman–Crippen LogP) is 0.155. The van der Waals surface area contributed by atoms with Gasteiger partial charge in [-0.25, -0.2) is 13.5 Å². The SMILES string of the molecule is CN(CC(=O)Nc1ccc(Cl)c(S(=O)(=O)N2CCOCC2)c1)C(=O)c1ccc(=O)[nH]n1. The molecule has 1 fully saturated rings. The highest BCUT2D eigenvalue weighted by Gasteiger charge is 2.28. The van der Waals surface area contributed by atoms with Crippen molar-refractivity contribution in [2.24, 2.45) is 0 Å². The Hall–Kier alpha value is -2.80. The molecule has 1 aliphatic rings. The first kappa shape index (κ1) is 22.9. The van der Waals surface area contributed by atoms with Crippen LogP contribution in [-0.2, 0) is 19.6 Å². The van der Waals surface area contributed by atoms with Crippen LogP contribution < -0.4 is 10.9 Å². The topological polar surface area (TPSA) is 142 Å². The molecule has 0 saturated carbocycles. The molecule has 2 aromatic rings. The molecular weight excluding hydrogens is 450 g/mol. The van der Waals surface area contributed by atoms with Crippen molar-refractivity contribution in [3.63, 3.8) is 0 Å². The van der Waals surface area contributed by atoms with Crippen LogP contribution in [0.3, 0.4) is 0 Å². The number of H-pyrrole nitrogens is 1. The van der Waals surface area contributed by atoms with Crippen molar-refractivity contribution in [2.45, 2.75) is 4.90 Å². The van der Waals surface area contributed by atoms with Crippen molar-refractivity contribution in [1.82, 2.24) is 19.4 Å². The van der Waals surface area contributed by atoms with Gasteiger partial charge in [0.15, 0.2) is 0 Å². The van der Waals surface area contributed by atoms with Gasteiger partial charge in [0.2, 0.25) is 15.9 Å². The van der Waals surface area contributed by atoms with E-state index in [0.717, 1.165) is 11.0 Å². The minimum absolute atomic E-state index is 0.0275. The van der Waals surface area contributed by atoms with Crippen LogP contribution in [0.2, 0.25) is 5.02 Å². The Morgan fingerprint density at radius 2 is 1.97 bits per heavy atom. The molecule has 1 aromatic heterocycles. The Bertz CT molecular complexity index is 1130. The maximum absolute atomic E-state index is 12.9. The van der Waals surface area contributed by atoms with Gasteiger partial charge in [0.1, 0.15) is 10.6 Å². The lowest BCUT2D eigenvalue weighted by Gasteiger charge is -2.26. The summed E-state index contributed by atoms with van der Waals surface area (Å²) in [5.41, 5.74) is -0.271. The Morgan fingerprint density at radius 3 is 2.61 bits per heavy atom. The highest BCUT2D eigenvalue weighted by molar-refractivity contribution is 7.89. The third kappa shape index (κ3) is 5.47. The van der Waals surface area contributed by atoms with Crippen LogP contribution in [0.25, 0.3) is 0 Å². The molecule has 2 amide bonds. The molecule has 11 nitrogen and oxygen atoms in total. The number of anilines is 1. The van der Waals surface area contributed by atoms with Crippen LogP contribution in [0.1, 0.15) is 10.5 Å². The number of benzene rings is 1. The number of nitrogens with zero attached hydrogens (tertiary/aromatic N) is 3. The molecule has 3 rings (SSSR count). The van der Waals surface area contributed by atoms with Gasteiger partial charge in [-0.15, -0.1) is 0 Å². The number of hydrogen-bond acceptors (Lipinski definition) is 7. The molecule has 0 aliphatic carbocycles. The molecule has 31 heavy (non-hydrogen) atoms. The summed E-state index contributed by atoms with van der Waals surface area (Å²) in [6.45, 7) is 0.672. The van der Waals surface area contributed by atoms with Crippen molar-refractivity contribution >= 4 is 39.1 Å². The van der Waals surface area contributed by atoms with Gasteiger partial charge in [0.05, 0.1) is 24.8 Å². The van der Waals surface area contributed by atoms with Crippen LogP contribution in [-0.4, -0.2) is 79.5 Å². The zero-order valence-electron chi connectivity index (χ0n) is 16.5. The molecule has 1 aliphatic heterocycles. The fourth-order valence-corrected chi connectivity index (χ4v) is 4.76. The van der Waals surface area contributed by atoms with E-state index in [1.807, 2.05) is 0 Å². The number of aromatic amines is 1. The van der Waals surface area contributed by atoms with Crippen LogP contribution in [0.5, 0.6) is 0 Å². The lowest BCUT2D eigenvalue weighted by atomic mass is 10.3. The summed E-state index contributed by atoms with van der Waals surface area (Å²) < 4.78 is 32.2. The molecule has 2 heterocycles. The lowest BCUT2D eigenvalue weighted by molar-refractivity contribution is -0.116. The fraction of sp³-hybridized carbons (Fsp3) is 0.333. The number of aromatic nitrogens is 2. The standard InChI is InChI=1S/C18H20ClN5O6S/c1-23(18(27)14-4-5-16(25)22-21-14)11-17(26)20-12-2-3-13(19)15(10-12)31(28,29)24-6-8-30-9-7-24/h2-5,10H,6-9,11H2,1H3,(H,20,26)(H,22,25). The van der Waals surface area contributed by atoms with E-state index in [9.17, 15) is 22.8 Å². The average molecular weight is 470 g/mol. The van der Waals surface area contributed by atoms with Gasteiger partial charge in [-0.05, 0) is 24.3 Å². The smallest absolute Gasteiger partial charge is 0.274 e. The van der Waals surface area contributed by atoms with Crippen LogP contribution in [0, 0.1) is 0 Å². The molecule has 166 valence electrons. The number of likely N-dealkylation sites (N-methyl/N-ethyl adjacent to an activating group) is 1. The van der Waals surface area contributed by atoms with Crippen molar-refractivity contribution in [1.29, 1.82) is 0 Å². The summed E-state index contributed by atoms with van der Waals surface area (Å²) in [5, 5.41) is 8.36. The molecule has 0 unspecified atom stereocenters. The summed E-state index contributed by atoms with van der Waals surface area (Å²) in [6, 6.07) is 6.51. The molecule has 1 saturated heterocycles. The van der Waals surface area contributed by atoms with E-state index < -0.39 is 27.4 Å². The fourth-order valence-electron chi connectivity index (χ4n) is 2.85. The first-order chi connectivity index (χ1) is 14.7. The third-order valence-corrected chi connectivity index (χ3v) is 6.81. The Labute approximate surface area is 183 Å². The van der Waals surface area contributed by atoms with Crippen molar-refractivity contribution < 1.29 is 22.7 Å². The maximum Gasteiger partial charge on any atom is 0.274 e. The highest BCUT2D eigenvalue weighted by atomic mass is 35.5. The molecule has 0 spiro atoms. The second kappa shape index (κ2) is 9.56. The van der Waals surface area contributed by atoms with Crippen LogP contribution in [0.15, 0.2) is 40.0 Å². The number of nitrogens with one attached hydrogen (secondary N) is 2. The van der Waals surface area contributed by atoms with Gasteiger partial charge in [-0.1, -0.05) is 11.6 Å². The van der Waals surface area contributed by atoms with E-state index in [2.05, 4.69) is 15.5 Å². The number of carbonyl (C=O) groups excluding carboxylic acids is 2. The van der Waals surface area contributed by atoms with E-state index in [-0.39, 0.29) is 54.1 Å². The molecule has 1 aromatic carbocycles. The van der Waals surface area contributed by atoms with Crippen LogP contribution >= 0.6 is 11.6 Å². The zero-order chi connectivity index (χ0) is 22.6. The Morgan fingerprint density at radius 1 is 1.26 bits per heavy atom. The molecule has 2 N–H and O–H groups in total. The van der Waals surface area contributed by atoms with E-state index in [1.165, 1.54) is 35.6 Å². The van der Waals surface area contributed by atoms with E-state index >= 15 is 0 Å². The maximum atomic E-state index is 12.9. The van der Waals surface area contributed by atoms with Gasteiger partial charge in [0, 0.05) is 31.9 Å². The van der Waals surface area contributed by atoms with Crippen molar-refractivity contribution in [3.8, 4) is 0 Å². The number of halogens is 1. The number of ether oxygens (including phenoxy) is 1. The van der Waals surface area contributed by atoms with Gasteiger partial charge < -0.3 is 15.0 Å². The van der Waals surface area contributed by atoms with Gasteiger partial charge in [-0.2, -0.15) is 9.40 Å². The van der Waals surface area contributed by atoms with E-state index in [0.29, 0.717) is 0 Å². The first-order valence-electron chi connectivity index (χ1n) is 9.17. The Balaban J connectivity index is 1.70. The summed E-state index contributed by atoms with van der Waals surface area (Å²) in [5.74, 6) is -1.13. The number of morpholine rings is 1. The molecule has 0 radical (unpaired) electrons. The zero-order valence-corrected chi connectivity index (χ0v) is 18.1. The number of amides is 2. The summed E-state index contributed by atoms with van der Waals surface area (Å²) in [6.07, 6.45) is 0. The molecular formula is C18H20ClN5O6S. The van der Waals surface area contributed by atoms with E-state index in [4.69, 9.17) is 16.3 Å². The molecule has 0 bridgehead atoms. The number of rotatable bonds is 6. The monoisotopic (exact) mass is 469 g/mol. The summed E-state index contributed by atoms with van der Waals surface area (Å²) in [7, 11) is -2.47. The first-order valence-corrected chi connectivity index (χ1v) is 11.0. The predicted molar refractivity (Wildman–Crippen MR) is 111 cm³/mol. The lowest BCUT2D eigenvalue weighted by Crippen LogP contribution is -2.40. The highest BCUT2D eigenvalue weighted by Crippen LogP contribution is 2.28. The Kier molecular flexibility index (Phi) is 7.05. The van der Waals surface area contributed by atoms with Gasteiger partial charge in [-0.3, -0.25) is 14.4 Å². The normalized spacial score (nSPS) is 14.8. The third-order valence-electron chi connectivity index (χ3n) is 4.43. The largest absolute Gasteiger partial charge is 0.379 e. The number of carbonyl (C=O) groups is 2. The quantitative estimate of drug-likeness (QED) is 0.613. The second-order valence-electron chi connectivity index (χ2n) is 6.68. The van der Waals surface area contributed by atoms with Gasteiger partial charge in [0.25, 0.3) is 11.5 Å². The molecule has 0 atom stereocenters.